The first-order chi connectivity index (χ1) is 12.8. The molecule has 0 amide bonds. The summed E-state index contributed by atoms with van der Waals surface area (Å²) in [6.07, 6.45) is 2.01. The van der Waals surface area contributed by atoms with Crippen molar-refractivity contribution in [2.24, 2.45) is 0 Å². The van der Waals surface area contributed by atoms with Gasteiger partial charge < -0.3 is 0 Å². The van der Waals surface area contributed by atoms with E-state index in [1.165, 1.54) is 0 Å². The Morgan fingerprint density at radius 3 is 1.28 bits per heavy atom. The van der Waals surface area contributed by atoms with Gasteiger partial charge in [0, 0.05) is 53.8 Å². The fourth-order valence-corrected chi connectivity index (χ4v) is 3.58. The zero-order valence-corrected chi connectivity index (χ0v) is 18.1. The Labute approximate surface area is 186 Å². The molecule has 15 heteroatoms. The third kappa shape index (κ3) is 6.14. The molecule has 0 unspecified atom stereocenters. The molecule has 0 bridgehead atoms. The summed E-state index contributed by atoms with van der Waals surface area (Å²) in [6.45, 7) is 0. The van der Waals surface area contributed by atoms with Crippen molar-refractivity contribution in [2.45, 2.75) is 9.79 Å². The Bertz CT molecular complexity index is 1130. The molecule has 2 aromatic carbocycles. The Kier molecular flexibility index (Phi) is 7.78. The number of nitro groups is 2. The van der Waals surface area contributed by atoms with E-state index in [1.54, 1.807) is 0 Å². The van der Waals surface area contributed by atoms with Crippen LogP contribution in [0.15, 0.2) is 46.2 Å². The van der Waals surface area contributed by atoms with E-state index in [9.17, 15) is 46.2 Å². The maximum atomic E-state index is 11.5. The van der Waals surface area contributed by atoms with Crippen molar-refractivity contribution in [3.63, 3.8) is 0 Å². The second-order valence-electron chi connectivity index (χ2n) is 5.24. The summed E-state index contributed by atoms with van der Waals surface area (Å²) in [5, 5.41) is 21.5. The molecule has 1 radical (unpaired) electrons. The minimum Gasteiger partial charge on any atom is -0.282 e. The van der Waals surface area contributed by atoms with Crippen LogP contribution in [0.5, 0.6) is 0 Å². The van der Waals surface area contributed by atoms with Crippen LogP contribution in [0, 0.1) is 20.2 Å². The van der Waals surface area contributed by atoms with Crippen molar-refractivity contribution in [2.75, 3.05) is 0 Å². The second kappa shape index (κ2) is 9.08. The van der Waals surface area contributed by atoms with Crippen molar-refractivity contribution in [1.82, 2.24) is 0 Å². The van der Waals surface area contributed by atoms with Gasteiger partial charge in [-0.15, -0.1) is 0 Å². The summed E-state index contributed by atoms with van der Waals surface area (Å²) in [5.41, 5.74) is -1.68. The largest absolute Gasteiger partial charge is 0.295 e. The maximum absolute atomic E-state index is 11.5. The van der Waals surface area contributed by atoms with Gasteiger partial charge in [-0.05, 0) is 23.3 Å². The minimum absolute atomic E-state index is 0. The van der Waals surface area contributed by atoms with Gasteiger partial charge in [0.15, 0.2) is 0 Å². The van der Waals surface area contributed by atoms with Gasteiger partial charge in [-0.2, -0.15) is 16.8 Å². The molecule has 0 saturated carbocycles. The standard InChI is InChI=1S/C14H10N2O10S2.Na/c17-15(18)11-5-3-9(13(7-11)27(21,22)23)1-2-10-4-6-12(16(19)20)8-14(10)28(24,25)26;/h1-8H,(H,21,22,23)(H,24,25,26);/b2-1+;. The monoisotopic (exact) mass is 453 g/mol. The van der Waals surface area contributed by atoms with Crippen molar-refractivity contribution in [1.29, 1.82) is 0 Å². The predicted molar refractivity (Wildman–Crippen MR) is 101 cm³/mol. The molecule has 2 N–H and O–H groups in total. The van der Waals surface area contributed by atoms with E-state index in [0.717, 1.165) is 36.4 Å². The van der Waals surface area contributed by atoms with Gasteiger partial charge >= 0.3 is 0 Å². The Morgan fingerprint density at radius 1 is 0.724 bits per heavy atom. The fraction of sp³-hybridized carbons (Fsp3) is 0. The molecule has 0 fully saturated rings. The van der Waals surface area contributed by atoms with Crippen LogP contribution in [0.3, 0.4) is 0 Å². The van der Waals surface area contributed by atoms with Gasteiger partial charge in [0.25, 0.3) is 31.6 Å². The third-order valence-corrected chi connectivity index (χ3v) is 5.23. The number of nitrogens with zero attached hydrogens (tertiary/aromatic N) is 2. The molecule has 0 aliphatic carbocycles. The van der Waals surface area contributed by atoms with Crippen molar-refractivity contribution >= 4 is 73.3 Å². The second-order valence-corrected chi connectivity index (χ2v) is 8.02. The van der Waals surface area contributed by atoms with Gasteiger partial charge in [-0.1, -0.05) is 12.2 Å². The van der Waals surface area contributed by atoms with Crippen LogP contribution in [0.25, 0.3) is 12.2 Å². The van der Waals surface area contributed by atoms with E-state index >= 15 is 0 Å². The molecule has 0 aliphatic heterocycles. The summed E-state index contributed by atoms with van der Waals surface area (Å²) in [5.74, 6) is 0. The first-order valence-corrected chi connectivity index (χ1v) is 9.88. The van der Waals surface area contributed by atoms with Gasteiger partial charge in [0.05, 0.1) is 9.85 Å². The van der Waals surface area contributed by atoms with Gasteiger partial charge in [-0.3, -0.25) is 29.3 Å². The number of rotatable bonds is 6. The van der Waals surface area contributed by atoms with Crippen LogP contribution in [0.2, 0.25) is 0 Å². The van der Waals surface area contributed by atoms with E-state index in [4.69, 9.17) is 0 Å². The first-order valence-electron chi connectivity index (χ1n) is 7.00. The number of hydrogen-bond donors (Lipinski definition) is 2. The Hall–Kier alpha value is -2.20. The molecular formula is C14H10N2NaO10S2. The van der Waals surface area contributed by atoms with Crippen LogP contribution >= 0.6 is 0 Å². The summed E-state index contributed by atoms with van der Waals surface area (Å²) in [6, 6.07) is 5.11. The molecule has 0 saturated heterocycles. The molecular weight excluding hydrogens is 443 g/mol. The average molecular weight is 453 g/mol. The molecule has 2 rings (SSSR count). The molecule has 0 aromatic heterocycles. The molecule has 2 aromatic rings. The normalized spacial score (nSPS) is 11.8. The van der Waals surface area contributed by atoms with E-state index < -0.39 is 51.2 Å². The van der Waals surface area contributed by atoms with E-state index in [1.807, 2.05) is 0 Å². The van der Waals surface area contributed by atoms with Crippen molar-refractivity contribution < 1.29 is 35.8 Å². The van der Waals surface area contributed by atoms with Crippen LogP contribution in [-0.4, -0.2) is 65.3 Å². The molecule has 0 atom stereocenters. The molecule has 149 valence electrons. The third-order valence-electron chi connectivity index (χ3n) is 3.41. The summed E-state index contributed by atoms with van der Waals surface area (Å²) >= 11 is 0. The summed E-state index contributed by atoms with van der Waals surface area (Å²) in [4.78, 5) is 18.2. The quantitative estimate of drug-likeness (QED) is 0.214. The number of benzene rings is 2. The van der Waals surface area contributed by atoms with Crippen LogP contribution in [-0.2, 0) is 20.2 Å². The zero-order valence-electron chi connectivity index (χ0n) is 14.5. The van der Waals surface area contributed by atoms with E-state index in [-0.39, 0.29) is 40.7 Å². The van der Waals surface area contributed by atoms with Gasteiger partial charge in [0.1, 0.15) is 9.79 Å². The first kappa shape index (κ1) is 24.8. The van der Waals surface area contributed by atoms with Crippen LogP contribution < -0.4 is 0 Å². The SMILES string of the molecule is O=[N+]([O-])c1ccc(/C=C/c2ccc([N+](=O)[O-])cc2S(=O)(=O)O)c(S(=O)(=O)O)c1.[Na]. The number of non-ortho nitro benzene ring substituents is 2. The van der Waals surface area contributed by atoms with Gasteiger partial charge in [-0.25, -0.2) is 0 Å². The van der Waals surface area contributed by atoms with E-state index in [0.29, 0.717) is 12.1 Å². The predicted octanol–water partition coefficient (Wildman–Crippen LogP) is 1.79. The van der Waals surface area contributed by atoms with E-state index in [2.05, 4.69) is 0 Å². The topological polar surface area (TPSA) is 195 Å². The average Bonchev–Trinajstić information content (AvgIpc) is 2.57. The number of hydrogen-bond acceptors (Lipinski definition) is 8. The molecule has 0 spiro atoms. The Balaban J connectivity index is 0.00000420. The summed E-state index contributed by atoms with van der Waals surface area (Å²) < 4.78 is 64.4. The fourth-order valence-electron chi connectivity index (χ4n) is 2.17. The summed E-state index contributed by atoms with van der Waals surface area (Å²) in [7, 11) is -9.73. The number of nitro benzene ring substituents is 2. The maximum Gasteiger partial charge on any atom is 0.295 e. The van der Waals surface area contributed by atoms with Crippen LogP contribution in [0.4, 0.5) is 11.4 Å². The zero-order chi connectivity index (χ0) is 21.3. The molecule has 0 heterocycles. The van der Waals surface area contributed by atoms with Crippen molar-refractivity contribution in [3.05, 3.63) is 67.8 Å². The smallest absolute Gasteiger partial charge is 0.282 e. The molecule has 29 heavy (non-hydrogen) atoms. The molecule has 0 aliphatic rings. The van der Waals surface area contributed by atoms with Crippen LogP contribution in [0.1, 0.15) is 11.1 Å². The van der Waals surface area contributed by atoms with Crippen molar-refractivity contribution in [3.8, 4) is 0 Å². The molecule has 12 nitrogen and oxygen atoms in total. The van der Waals surface area contributed by atoms with Gasteiger partial charge in [0.2, 0.25) is 0 Å². The Morgan fingerprint density at radius 2 is 1.03 bits per heavy atom. The minimum atomic E-state index is -4.86.